The maximum absolute atomic E-state index is 13.6. The lowest BCUT2D eigenvalue weighted by atomic mass is 10.2. The predicted molar refractivity (Wildman–Crippen MR) is 69.0 cm³/mol. The van der Waals surface area contributed by atoms with E-state index in [-0.39, 0.29) is 11.7 Å². The minimum absolute atomic E-state index is 0.153. The third-order valence-corrected chi connectivity index (χ3v) is 3.06. The van der Waals surface area contributed by atoms with E-state index in [1.54, 1.807) is 13.1 Å². The first kappa shape index (κ1) is 13.8. The van der Waals surface area contributed by atoms with Gasteiger partial charge in [-0.2, -0.15) is 0 Å². The smallest absolute Gasteiger partial charge is 0.257 e. The number of nitrogens with one attached hydrogen (secondary N) is 1. The van der Waals surface area contributed by atoms with E-state index < -0.39 is 11.9 Å². The van der Waals surface area contributed by atoms with Crippen molar-refractivity contribution < 1.29 is 18.7 Å². The fraction of sp³-hybridized carbons (Fsp3) is 0.462. The fourth-order valence-electron chi connectivity index (χ4n) is 1.93. The normalized spacial score (nSPS) is 19.0. The Morgan fingerprint density at radius 3 is 2.95 bits per heavy atom. The van der Waals surface area contributed by atoms with Crippen LogP contribution in [0.2, 0.25) is 0 Å². The van der Waals surface area contributed by atoms with Crippen LogP contribution in [0.4, 0.5) is 10.1 Å². The van der Waals surface area contributed by atoms with Gasteiger partial charge in [-0.1, -0.05) is 0 Å². The summed E-state index contributed by atoms with van der Waals surface area (Å²) in [6.07, 6.45) is -0.524. The summed E-state index contributed by atoms with van der Waals surface area (Å²) in [7, 11) is 3.00. The van der Waals surface area contributed by atoms with Crippen LogP contribution >= 0.6 is 0 Å². The van der Waals surface area contributed by atoms with Crippen LogP contribution in [0.25, 0.3) is 0 Å². The zero-order chi connectivity index (χ0) is 13.8. The summed E-state index contributed by atoms with van der Waals surface area (Å²) in [6, 6.07) is 4.40. The number of nitrogens with zero attached hydrogens (tertiary/aromatic N) is 1. The number of likely N-dealkylation sites (N-methyl/N-ethyl adjacent to an activating group) is 1. The molecule has 1 aliphatic rings. The van der Waals surface area contributed by atoms with Crippen LogP contribution < -0.4 is 15.0 Å². The van der Waals surface area contributed by atoms with Crippen molar-refractivity contribution in [3.63, 3.8) is 0 Å². The molecule has 0 spiro atoms. The Labute approximate surface area is 111 Å². The van der Waals surface area contributed by atoms with Crippen LogP contribution in [0.1, 0.15) is 0 Å². The number of halogens is 1. The number of amides is 1. The van der Waals surface area contributed by atoms with E-state index in [0.717, 1.165) is 6.54 Å². The third-order valence-electron chi connectivity index (χ3n) is 3.06. The number of benzene rings is 1. The van der Waals surface area contributed by atoms with E-state index in [1.165, 1.54) is 24.1 Å². The van der Waals surface area contributed by atoms with Gasteiger partial charge in [0.15, 0.2) is 11.6 Å². The molecule has 104 valence electrons. The Morgan fingerprint density at radius 1 is 1.58 bits per heavy atom. The minimum atomic E-state index is -0.524. The highest BCUT2D eigenvalue weighted by molar-refractivity contribution is 5.96. The van der Waals surface area contributed by atoms with E-state index in [1.807, 2.05) is 0 Å². The zero-order valence-corrected chi connectivity index (χ0v) is 11.0. The van der Waals surface area contributed by atoms with Crippen molar-refractivity contribution in [3.8, 4) is 5.75 Å². The predicted octanol–water partition coefficient (Wildman–Crippen LogP) is 0.785. The van der Waals surface area contributed by atoms with Gasteiger partial charge in [-0.25, -0.2) is 4.39 Å². The topological polar surface area (TPSA) is 50.8 Å². The first-order valence-electron chi connectivity index (χ1n) is 6.07. The van der Waals surface area contributed by atoms with Gasteiger partial charge in [-0.05, 0) is 12.1 Å². The Morgan fingerprint density at radius 2 is 2.37 bits per heavy atom. The molecule has 0 aromatic heterocycles. The number of anilines is 1. The summed E-state index contributed by atoms with van der Waals surface area (Å²) in [5, 5.41) is 3.09. The summed E-state index contributed by atoms with van der Waals surface area (Å²) in [6.45, 7) is 1.72. The van der Waals surface area contributed by atoms with E-state index in [4.69, 9.17) is 9.47 Å². The highest BCUT2D eigenvalue weighted by atomic mass is 19.1. The lowest BCUT2D eigenvalue weighted by molar-refractivity contribution is -0.131. The molecule has 1 N–H and O–H groups in total. The standard InChI is InChI=1S/C13H17FN2O3/c1-16(13(17)12-8-15-5-6-19-12)9-3-4-11(18-2)10(14)7-9/h3-4,7,12,15H,5-6,8H2,1-2H3. The van der Waals surface area contributed by atoms with E-state index >= 15 is 0 Å². The van der Waals surface area contributed by atoms with Crippen LogP contribution in [-0.4, -0.2) is 45.9 Å². The van der Waals surface area contributed by atoms with Gasteiger partial charge < -0.3 is 19.7 Å². The average Bonchev–Trinajstić information content (AvgIpc) is 2.46. The Bertz CT molecular complexity index is 461. The summed E-state index contributed by atoms with van der Waals surface area (Å²) in [5.74, 6) is -0.542. The molecule has 1 atom stereocenters. The second-order valence-electron chi connectivity index (χ2n) is 4.28. The van der Waals surface area contributed by atoms with Gasteiger partial charge in [0.2, 0.25) is 0 Å². The highest BCUT2D eigenvalue weighted by Gasteiger charge is 2.26. The second-order valence-corrected chi connectivity index (χ2v) is 4.28. The van der Waals surface area contributed by atoms with Crippen LogP contribution in [0.3, 0.4) is 0 Å². The summed E-state index contributed by atoms with van der Waals surface area (Å²) in [4.78, 5) is 13.6. The molecule has 1 aromatic carbocycles. The fourth-order valence-corrected chi connectivity index (χ4v) is 1.93. The number of methoxy groups -OCH3 is 1. The monoisotopic (exact) mass is 268 g/mol. The van der Waals surface area contributed by atoms with Crippen LogP contribution in [-0.2, 0) is 9.53 Å². The largest absolute Gasteiger partial charge is 0.494 e. The van der Waals surface area contributed by atoms with Crippen molar-refractivity contribution in [2.24, 2.45) is 0 Å². The number of carbonyl (C=O) groups excluding carboxylic acids is 1. The molecule has 1 aliphatic heterocycles. The van der Waals surface area contributed by atoms with Gasteiger partial charge in [0.1, 0.15) is 6.10 Å². The molecule has 5 nitrogen and oxygen atoms in total. The number of rotatable bonds is 3. The van der Waals surface area contributed by atoms with Gasteiger partial charge in [0, 0.05) is 31.9 Å². The van der Waals surface area contributed by atoms with Crippen molar-refractivity contribution in [2.75, 3.05) is 38.8 Å². The van der Waals surface area contributed by atoms with E-state index in [2.05, 4.69) is 5.32 Å². The molecular weight excluding hydrogens is 251 g/mol. The molecule has 0 aliphatic carbocycles. The molecule has 19 heavy (non-hydrogen) atoms. The van der Waals surface area contributed by atoms with Crippen molar-refractivity contribution in [1.29, 1.82) is 0 Å². The zero-order valence-electron chi connectivity index (χ0n) is 11.0. The maximum Gasteiger partial charge on any atom is 0.257 e. The molecule has 0 saturated carbocycles. The van der Waals surface area contributed by atoms with Gasteiger partial charge in [-0.15, -0.1) is 0 Å². The third kappa shape index (κ3) is 3.02. The molecule has 1 amide bonds. The number of hydrogen-bond donors (Lipinski definition) is 1. The first-order valence-corrected chi connectivity index (χ1v) is 6.07. The molecule has 0 radical (unpaired) electrons. The van der Waals surface area contributed by atoms with Crippen molar-refractivity contribution >= 4 is 11.6 Å². The quantitative estimate of drug-likeness (QED) is 0.880. The van der Waals surface area contributed by atoms with Gasteiger partial charge in [0.05, 0.1) is 13.7 Å². The lowest BCUT2D eigenvalue weighted by Gasteiger charge is -2.27. The van der Waals surface area contributed by atoms with Gasteiger partial charge in [-0.3, -0.25) is 4.79 Å². The van der Waals surface area contributed by atoms with E-state index in [9.17, 15) is 9.18 Å². The van der Waals surface area contributed by atoms with Crippen molar-refractivity contribution in [1.82, 2.24) is 5.32 Å². The number of ether oxygens (including phenoxy) is 2. The molecule has 1 unspecified atom stereocenters. The second kappa shape index (κ2) is 5.99. The Kier molecular flexibility index (Phi) is 4.34. The Hall–Kier alpha value is -1.66. The molecule has 2 rings (SSSR count). The molecule has 6 heteroatoms. The minimum Gasteiger partial charge on any atom is -0.494 e. The number of hydrogen-bond acceptors (Lipinski definition) is 4. The Balaban J connectivity index is 2.11. The summed E-state index contributed by atoms with van der Waals surface area (Å²) < 4.78 is 23.8. The van der Waals surface area contributed by atoms with Gasteiger partial charge in [0.25, 0.3) is 5.91 Å². The SMILES string of the molecule is COc1ccc(N(C)C(=O)C2CNCCO2)cc1F. The highest BCUT2D eigenvalue weighted by Crippen LogP contribution is 2.23. The first-order chi connectivity index (χ1) is 9.13. The molecule has 1 aromatic rings. The van der Waals surface area contributed by atoms with Crippen LogP contribution in [0.15, 0.2) is 18.2 Å². The lowest BCUT2D eigenvalue weighted by Crippen LogP contribution is -2.48. The molecule has 0 bridgehead atoms. The summed E-state index contributed by atoms with van der Waals surface area (Å²) >= 11 is 0. The van der Waals surface area contributed by atoms with Crippen molar-refractivity contribution in [2.45, 2.75) is 6.10 Å². The number of carbonyl (C=O) groups is 1. The molecule has 1 saturated heterocycles. The van der Waals surface area contributed by atoms with Crippen molar-refractivity contribution in [3.05, 3.63) is 24.0 Å². The van der Waals surface area contributed by atoms with Gasteiger partial charge >= 0.3 is 0 Å². The number of morpholine rings is 1. The van der Waals surface area contributed by atoms with Crippen LogP contribution in [0, 0.1) is 5.82 Å². The molecule has 1 fully saturated rings. The van der Waals surface area contributed by atoms with E-state index in [0.29, 0.717) is 18.8 Å². The molecule has 1 heterocycles. The average molecular weight is 268 g/mol. The molecular formula is C13H17FN2O3. The van der Waals surface area contributed by atoms with Crippen LogP contribution in [0.5, 0.6) is 5.75 Å². The maximum atomic E-state index is 13.6. The summed E-state index contributed by atoms with van der Waals surface area (Å²) in [5.41, 5.74) is 0.470.